The number of fused-ring (bicyclic) bond motifs is 6. The summed E-state index contributed by atoms with van der Waals surface area (Å²) in [6, 6.07) is 0. The molecule has 0 N–H and O–H groups in total. The van der Waals surface area contributed by atoms with Gasteiger partial charge in [0.1, 0.15) is 0 Å². The molecule has 140 valence electrons. The lowest BCUT2D eigenvalue weighted by Gasteiger charge is -2.58. The van der Waals surface area contributed by atoms with Crippen molar-refractivity contribution in [2.45, 2.75) is 63.9 Å². The summed E-state index contributed by atoms with van der Waals surface area (Å²) >= 11 is 0. The number of ketones is 1. The van der Waals surface area contributed by atoms with Crippen molar-refractivity contribution < 1.29 is 9.53 Å². The van der Waals surface area contributed by atoms with Crippen molar-refractivity contribution >= 4 is 5.78 Å². The molecule has 0 aromatic carbocycles. The van der Waals surface area contributed by atoms with Crippen LogP contribution in [0.15, 0.2) is 36.5 Å². The maximum Gasteiger partial charge on any atom is 0.155 e. The Balaban J connectivity index is 1.55. The number of hydrogen-bond donors (Lipinski definition) is 0. The normalized spacial score (nSPS) is 49.5. The van der Waals surface area contributed by atoms with E-state index in [4.69, 9.17) is 4.74 Å². The zero-order valence-corrected chi connectivity index (χ0v) is 16.1. The second kappa shape index (κ2) is 5.92. The first-order valence-corrected chi connectivity index (χ1v) is 10.8. The standard InChI is InChI=1S/C24H32O2/c1-3-16-14-17-15-18(25)6-7-19(17)20-8-11-23(4-2)21(22(16)20)9-12-24(23)10-5-13-26-24/h3,5,10,15-16,19-22H,1,4,6-9,11-14H2,2H3/t16?,19-,20?,21?,22?,23-,24-/m0/s1. The van der Waals surface area contributed by atoms with Crippen LogP contribution in [0.1, 0.15) is 58.3 Å². The molecular weight excluding hydrogens is 320 g/mol. The van der Waals surface area contributed by atoms with Crippen molar-refractivity contribution in [1.29, 1.82) is 0 Å². The summed E-state index contributed by atoms with van der Waals surface area (Å²) in [5.74, 6) is 3.76. The van der Waals surface area contributed by atoms with Crippen molar-refractivity contribution in [3.05, 3.63) is 36.5 Å². The summed E-state index contributed by atoms with van der Waals surface area (Å²) in [7, 11) is 0. The Hall–Kier alpha value is -1.15. The maximum absolute atomic E-state index is 12.0. The smallest absolute Gasteiger partial charge is 0.155 e. The fourth-order valence-corrected chi connectivity index (χ4v) is 8.07. The molecule has 4 unspecified atom stereocenters. The molecule has 0 bridgehead atoms. The molecule has 7 atom stereocenters. The molecule has 0 saturated heterocycles. The Kier molecular flexibility index (Phi) is 3.87. The van der Waals surface area contributed by atoms with Crippen LogP contribution in [0.3, 0.4) is 0 Å². The van der Waals surface area contributed by atoms with Gasteiger partial charge in [0.2, 0.25) is 0 Å². The van der Waals surface area contributed by atoms with Gasteiger partial charge in [-0.25, -0.2) is 0 Å². The van der Waals surface area contributed by atoms with Gasteiger partial charge in [-0.05, 0) is 80.6 Å². The average Bonchev–Trinajstić information content (AvgIpc) is 3.27. The molecule has 0 radical (unpaired) electrons. The second-order valence-corrected chi connectivity index (χ2v) is 9.47. The number of rotatable bonds is 2. The van der Waals surface area contributed by atoms with E-state index in [1.807, 2.05) is 6.08 Å². The van der Waals surface area contributed by atoms with E-state index in [2.05, 4.69) is 31.7 Å². The zero-order valence-electron chi connectivity index (χ0n) is 16.1. The fourth-order valence-electron chi connectivity index (χ4n) is 8.07. The molecule has 5 rings (SSSR count). The molecule has 3 fully saturated rings. The predicted molar refractivity (Wildman–Crippen MR) is 104 cm³/mol. The summed E-state index contributed by atoms with van der Waals surface area (Å²) < 4.78 is 6.44. The van der Waals surface area contributed by atoms with Crippen molar-refractivity contribution in [3.63, 3.8) is 0 Å². The number of carbonyl (C=O) groups excluding carboxylic acids is 1. The van der Waals surface area contributed by atoms with Crippen LogP contribution in [0.25, 0.3) is 0 Å². The summed E-state index contributed by atoms with van der Waals surface area (Å²) in [5, 5.41) is 0. The third-order valence-electron chi connectivity index (χ3n) is 9.03. The summed E-state index contributed by atoms with van der Waals surface area (Å²) in [6.45, 7) is 7.42. The molecule has 26 heavy (non-hydrogen) atoms. The fraction of sp³-hybridized carbons (Fsp3) is 0.708. The molecule has 4 aliphatic carbocycles. The lowest BCUT2D eigenvalue weighted by Crippen LogP contribution is -2.55. The minimum Gasteiger partial charge on any atom is -0.366 e. The molecule has 0 amide bonds. The van der Waals surface area contributed by atoms with Crippen LogP contribution in [-0.2, 0) is 9.53 Å². The number of carbonyl (C=O) groups is 1. The van der Waals surface area contributed by atoms with Crippen LogP contribution in [0.4, 0.5) is 0 Å². The highest BCUT2D eigenvalue weighted by molar-refractivity contribution is 5.91. The van der Waals surface area contributed by atoms with E-state index in [1.165, 1.54) is 37.7 Å². The summed E-state index contributed by atoms with van der Waals surface area (Å²) in [6.07, 6.45) is 18.1. The van der Waals surface area contributed by atoms with Gasteiger partial charge in [0.05, 0.1) is 12.2 Å². The molecule has 3 saturated carbocycles. The number of allylic oxidation sites excluding steroid dienone is 2. The lowest BCUT2D eigenvalue weighted by atomic mass is 9.47. The Morgan fingerprint density at radius 3 is 2.92 bits per heavy atom. The van der Waals surface area contributed by atoms with Crippen LogP contribution in [0, 0.1) is 35.0 Å². The molecule has 1 aliphatic heterocycles. The summed E-state index contributed by atoms with van der Waals surface area (Å²) in [4.78, 5) is 12.0. The third kappa shape index (κ3) is 2.06. The molecule has 2 heteroatoms. The topological polar surface area (TPSA) is 26.3 Å². The quantitative estimate of drug-likeness (QED) is 0.634. The van der Waals surface area contributed by atoms with E-state index in [0.29, 0.717) is 23.0 Å². The lowest BCUT2D eigenvalue weighted by molar-refractivity contribution is -0.130. The summed E-state index contributed by atoms with van der Waals surface area (Å²) in [5.41, 5.74) is 1.76. The first-order valence-electron chi connectivity index (χ1n) is 10.8. The van der Waals surface area contributed by atoms with Crippen LogP contribution >= 0.6 is 0 Å². The zero-order chi connectivity index (χ0) is 17.9. The Bertz CT molecular complexity index is 688. The van der Waals surface area contributed by atoms with E-state index >= 15 is 0 Å². The Morgan fingerprint density at radius 1 is 1.31 bits per heavy atom. The van der Waals surface area contributed by atoms with Gasteiger partial charge in [-0.3, -0.25) is 4.79 Å². The Labute approximate surface area is 157 Å². The molecule has 0 aromatic rings. The van der Waals surface area contributed by atoms with Crippen molar-refractivity contribution in [2.75, 3.05) is 6.61 Å². The van der Waals surface area contributed by atoms with Crippen LogP contribution in [-0.4, -0.2) is 18.0 Å². The van der Waals surface area contributed by atoms with Crippen molar-refractivity contribution in [1.82, 2.24) is 0 Å². The molecule has 0 aromatic heterocycles. The minimum atomic E-state index is 0.00174. The molecular formula is C24H32O2. The number of ether oxygens (including phenoxy) is 1. The van der Waals surface area contributed by atoms with E-state index < -0.39 is 0 Å². The van der Waals surface area contributed by atoms with E-state index in [0.717, 1.165) is 43.6 Å². The van der Waals surface area contributed by atoms with Gasteiger partial charge in [-0.1, -0.05) is 30.7 Å². The second-order valence-electron chi connectivity index (χ2n) is 9.47. The first-order chi connectivity index (χ1) is 12.6. The number of hydrogen-bond acceptors (Lipinski definition) is 2. The highest BCUT2D eigenvalue weighted by Gasteiger charge is 2.65. The molecule has 1 heterocycles. The molecule has 2 nitrogen and oxygen atoms in total. The van der Waals surface area contributed by atoms with Gasteiger partial charge in [0, 0.05) is 11.8 Å². The van der Waals surface area contributed by atoms with Gasteiger partial charge >= 0.3 is 0 Å². The predicted octanol–water partition coefficient (Wildman–Crippen LogP) is 5.26. The van der Waals surface area contributed by atoms with Crippen LogP contribution in [0.2, 0.25) is 0 Å². The highest BCUT2D eigenvalue weighted by Crippen LogP contribution is 2.69. The van der Waals surface area contributed by atoms with Gasteiger partial charge in [-0.15, -0.1) is 6.58 Å². The van der Waals surface area contributed by atoms with Gasteiger partial charge in [-0.2, -0.15) is 0 Å². The van der Waals surface area contributed by atoms with Gasteiger partial charge in [0.15, 0.2) is 5.78 Å². The van der Waals surface area contributed by atoms with Gasteiger partial charge < -0.3 is 4.74 Å². The van der Waals surface area contributed by atoms with Crippen LogP contribution in [0.5, 0.6) is 0 Å². The van der Waals surface area contributed by atoms with Crippen molar-refractivity contribution in [2.24, 2.45) is 35.0 Å². The highest BCUT2D eigenvalue weighted by atomic mass is 16.5. The third-order valence-corrected chi connectivity index (χ3v) is 9.03. The van der Waals surface area contributed by atoms with Gasteiger partial charge in [0.25, 0.3) is 0 Å². The average molecular weight is 353 g/mol. The Morgan fingerprint density at radius 2 is 2.19 bits per heavy atom. The van der Waals surface area contributed by atoms with Crippen molar-refractivity contribution in [3.8, 4) is 0 Å². The van der Waals surface area contributed by atoms with E-state index in [1.54, 1.807) is 0 Å². The van der Waals surface area contributed by atoms with E-state index in [-0.39, 0.29) is 5.60 Å². The molecule has 1 spiro atoms. The SMILES string of the molecule is C=CC1CC2=CC(=O)CC[C@@H]2C2CC[C@@]3(CC)C(CC[C@@]34C=CCO4)C12. The van der Waals surface area contributed by atoms with Crippen LogP contribution < -0.4 is 0 Å². The van der Waals surface area contributed by atoms with E-state index in [9.17, 15) is 4.79 Å². The minimum absolute atomic E-state index is 0.00174. The monoisotopic (exact) mass is 352 g/mol. The maximum atomic E-state index is 12.0. The first kappa shape index (κ1) is 17.0. The molecule has 5 aliphatic rings. The largest absolute Gasteiger partial charge is 0.366 e.